The predicted molar refractivity (Wildman–Crippen MR) is 79.1 cm³/mol. The first-order valence-electron chi connectivity index (χ1n) is 7.52. The van der Waals surface area contributed by atoms with Gasteiger partial charge in [-0.2, -0.15) is 0 Å². The number of carbonyl (C=O) groups excluding carboxylic acids is 1. The van der Waals surface area contributed by atoms with Gasteiger partial charge < -0.3 is 4.90 Å². The van der Waals surface area contributed by atoms with Gasteiger partial charge in [-0.25, -0.2) is 0 Å². The number of rotatable bonds is 2. The highest BCUT2D eigenvalue weighted by Crippen LogP contribution is 2.50. The fraction of sp³-hybridized carbons (Fsp3) is 0.389. The first-order valence-corrected chi connectivity index (χ1v) is 7.52. The fourth-order valence-electron chi connectivity index (χ4n) is 4.25. The van der Waals surface area contributed by atoms with E-state index >= 15 is 0 Å². The third-order valence-electron chi connectivity index (χ3n) is 5.13. The number of nitrogens with zero attached hydrogens (tertiary/aromatic N) is 1. The number of fused-ring (bicyclic) bond motifs is 3. The van der Waals surface area contributed by atoms with Gasteiger partial charge in [0.1, 0.15) is 0 Å². The maximum absolute atomic E-state index is 13.0. The molecule has 2 aliphatic heterocycles. The van der Waals surface area contributed by atoms with E-state index in [2.05, 4.69) is 53.5 Å². The monoisotopic (exact) mass is 265 g/mol. The fourth-order valence-corrected chi connectivity index (χ4v) is 4.25. The van der Waals surface area contributed by atoms with E-state index in [4.69, 9.17) is 0 Å². The summed E-state index contributed by atoms with van der Waals surface area (Å²) >= 11 is 0. The van der Waals surface area contributed by atoms with E-state index < -0.39 is 0 Å². The molecule has 1 aromatic rings. The summed E-state index contributed by atoms with van der Waals surface area (Å²) in [6.07, 6.45) is 11.7. The first-order chi connectivity index (χ1) is 9.81. The van der Waals surface area contributed by atoms with Crippen molar-refractivity contribution in [3.8, 4) is 0 Å². The van der Waals surface area contributed by atoms with Crippen molar-refractivity contribution in [2.24, 2.45) is 11.3 Å². The molecule has 2 fully saturated rings. The van der Waals surface area contributed by atoms with Crippen LogP contribution in [0.25, 0.3) is 0 Å². The molecule has 0 radical (unpaired) electrons. The van der Waals surface area contributed by atoms with Crippen molar-refractivity contribution in [2.75, 3.05) is 6.54 Å². The van der Waals surface area contributed by atoms with Crippen molar-refractivity contribution in [3.05, 3.63) is 60.2 Å². The minimum absolute atomic E-state index is 0.332. The average molecular weight is 265 g/mol. The number of carbonyl (C=O) groups is 1. The maximum Gasteiger partial charge on any atom is 0.233 e. The van der Waals surface area contributed by atoms with Crippen LogP contribution in [0, 0.1) is 11.3 Å². The third-order valence-corrected chi connectivity index (χ3v) is 5.13. The quantitative estimate of drug-likeness (QED) is 0.805. The van der Waals surface area contributed by atoms with Crippen LogP contribution in [0.4, 0.5) is 0 Å². The zero-order chi connectivity index (χ0) is 13.6. The normalized spacial score (nSPS) is 34.4. The van der Waals surface area contributed by atoms with E-state index in [1.807, 2.05) is 6.07 Å². The zero-order valence-electron chi connectivity index (χ0n) is 11.5. The van der Waals surface area contributed by atoms with E-state index in [0.717, 1.165) is 25.8 Å². The number of hydrogen-bond acceptors (Lipinski definition) is 1. The van der Waals surface area contributed by atoms with Crippen LogP contribution in [0.5, 0.6) is 0 Å². The van der Waals surface area contributed by atoms with Crippen LogP contribution < -0.4 is 0 Å². The van der Waals surface area contributed by atoms with Crippen molar-refractivity contribution in [3.63, 3.8) is 0 Å². The minimum Gasteiger partial charge on any atom is -0.338 e. The van der Waals surface area contributed by atoms with Gasteiger partial charge in [-0.15, -0.1) is 0 Å². The summed E-state index contributed by atoms with van der Waals surface area (Å²) in [5.74, 6) is 0.692. The van der Waals surface area contributed by atoms with Crippen molar-refractivity contribution in [2.45, 2.75) is 25.3 Å². The van der Waals surface area contributed by atoms with Crippen molar-refractivity contribution >= 4 is 5.91 Å². The Bertz CT molecular complexity index is 589. The summed E-state index contributed by atoms with van der Waals surface area (Å²) in [5, 5.41) is 0. The molecule has 2 saturated heterocycles. The summed E-state index contributed by atoms with van der Waals surface area (Å²) < 4.78 is 0. The van der Waals surface area contributed by atoms with Crippen LogP contribution in [-0.4, -0.2) is 23.4 Å². The molecule has 0 bridgehead atoms. The topological polar surface area (TPSA) is 20.3 Å². The van der Waals surface area contributed by atoms with Gasteiger partial charge in [-0.05, 0) is 24.8 Å². The number of benzene rings is 1. The Labute approximate surface area is 119 Å². The maximum atomic E-state index is 13.0. The Kier molecular flexibility index (Phi) is 2.59. The molecule has 0 spiro atoms. The van der Waals surface area contributed by atoms with Crippen LogP contribution in [0.2, 0.25) is 0 Å². The Balaban J connectivity index is 1.75. The molecule has 2 heterocycles. The molecule has 0 unspecified atom stereocenters. The van der Waals surface area contributed by atoms with Gasteiger partial charge in [0.2, 0.25) is 5.91 Å². The number of allylic oxidation sites excluding steroid dienone is 2. The standard InChI is InChI=1S/C18H19NO/c20-17-18(13-14-7-2-1-3-8-14)11-5-4-9-15(18)16-10-6-12-19(16)17/h1-5,7-9,11,15-16H,6,10,12-13H2/t15-,16+,18+/m0/s1. The summed E-state index contributed by atoms with van der Waals surface area (Å²) in [4.78, 5) is 15.1. The molecule has 0 saturated carbocycles. The lowest BCUT2D eigenvalue weighted by molar-refractivity contribution is -0.134. The second-order valence-electron chi connectivity index (χ2n) is 6.18. The molecule has 0 N–H and O–H groups in total. The Morgan fingerprint density at radius 3 is 2.90 bits per heavy atom. The molecule has 2 heteroatoms. The van der Waals surface area contributed by atoms with E-state index in [1.54, 1.807) is 0 Å². The van der Waals surface area contributed by atoms with Crippen LogP contribution in [-0.2, 0) is 11.2 Å². The highest BCUT2D eigenvalue weighted by Gasteiger charge is 2.58. The molecular weight excluding hydrogens is 246 g/mol. The number of hydrogen-bond donors (Lipinski definition) is 0. The lowest BCUT2D eigenvalue weighted by Crippen LogP contribution is -2.37. The van der Waals surface area contributed by atoms with Gasteiger partial charge in [0.05, 0.1) is 5.41 Å². The molecule has 0 aromatic heterocycles. The van der Waals surface area contributed by atoms with Crippen molar-refractivity contribution < 1.29 is 4.79 Å². The molecule has 3 aliphatic rings. The lowest BCUT2D eigenvalue weighted by atomic mass is 9.68. The molecular formula is C18H19NO. The third kappa shape index (κ3) is 1.54. The Morgan fingerprint density at radius 1 is 1.20 bits per heavy atom. The summed E-state index contributed by atoms with van der Waals surface area (Å²) in [6.45, 7) is 0.943. The molecule has 1 aromatic carbocycles. The van der Waals surface area contributed by atoms with Gasteiger partial charge in [0, 0.05) is 18.5 Å². The van der Waals surface area contributed by atoms with Gasteiger partial charge >= 0.3 is 0 Å². The van der Waals surface area contributed by atoms with Crippen molar-refractivity contribution in [1.29, 1.82) is 0 Å². The highest BCUT2D eigenvalue weighted by molar-refractivity contribution is 5.89. The average Bonchev–Trinajstić information content (AvgIpc) is 3.04. The van der Waals surface area contributed by atoms with Crippen LogP contribution in [0.3, 0.4) is 0 Å². The van der Waals surface area contributed by atoms with E-state index in [0.29, 0.717) is 17.9 Å². The van der Waals surface area contributed by atoms with Crippen LogP contribution >= 0.6 is 0 Å². The Morgan fingerprint density at radius 2 is 2.05 bits per heavy atom. The zero-order valence-corrected chi connectivity index (χ0v) is 11.5. The Hall–Kier alpha value is -1.83. The largest absolute Gasteiger partial charge is 0.338 e. The lowest BCUT2D eigenvalue weighted by Gasteiger charge is -2.31. The minimum atomic E-state index is -0.332. The van der Waals surface area contributed by atoms with Gasteiger partial charge in [-0.1, -0.05) is 54.6 Å². The smallest absolute Gasteiger partial charge is 0.233 e. The second-order valence-corrected chi connectivity index (χ2v) is 6.18. The number of amides is 1. The SMILES string of the molecule is O=C1N2CCC[C@@H]2[C@@H]2C=CC=C[C@]12Cc1ccccc1. The molecule has 3 atom stereocenters. The van der Waals surface area contributed by atoms with E-state index in [9.17, 15) is 4.79 Å². The van der Waals surface area contributed by atoms with Gasteiger partial charge in [-0.3, -0.25) is 4.79 Å². The summed E-state index contributed by atoms with van der Waals surface area (Å²) in [5.41, 5.74) is 0.924. The van der Waals surface area contributed by atoms with Crippen LogP contribution in [0.15, 0.2) is 54.6 Å². The van der Waals surface area contributed by atoms with Crippen molar-refractivity contribution in [1.82, 2.24) is 4.90 Å². The second kappa shape index (κ2) is 4.34. The van der Waals surface area contributed by atoms with E-state index in [-0.39, 0.29) is 5.41 Å². The van der Waals surface area contributed by atoms with Gasteiger partial charge in [0.25, 0.3) is 0 Å². The summed E-state index contributed by atoms with van der Waals surface area (Å²) in [6, 6.07) is 10.8. The molecule has 102 valence electrons. The highest BCUT2D eigenvalue weighted by atomic mass is 16.2. The predicted octanol–water partition coefficient (Wildman–Crippen LogP) is 2.96. The van der Waals surface area contributed by atoms with Crippen LogP contribution in [0.1, 0.15) is 18.4 Å². The molecule has 1 amide bonds. The molecule has 20 heavy (non-hydrogen) atoms. The molecule has 4 rings (SSSR count). The van der Waals surface area contributed by atoms with Gasteiger partial charge in [0.15, 0.2) is 0 Å². The molecule has 1 aliphatic carbocycles. The summed E-state index contributed by atoms with van der Waals surface area (Å²) in [7, 11) is 0. The first kappa shape index (κ1) is 12.0. The van der Waals surface area contributed by atoms with E-state index in [1.165, 1.54) is 5.56 Å². The molecule has 2 nitrogen and oxygen atoms in total.